The SMILES string of the molecule is Cc1ccc(Cl)c(NC(=O)N2CC(C(=N)NC=O)=C(N)C2(C)C)c1. The van der Waals surface area contributed by atoms with Gasteiger partial charge in [0.15, 0.2) is 0 Å². The summed E-state index contributed by atoms with van der Waals surface area (Å²) in [5, 5.41) is 13.3. The van der Waals surface area contributed by atoms with Crippen molar-refractivity contribution in [1.82, 2.24) is 10.2 Å². The molecule has 0 atom stereocenters. The van der Waals surface area contributed by atoms with Gasteiger partial charge in [-0.2, -0.15) is 0 Å². The van der Waals surface area contributed by atoms with E-state index in [1.165, 1.54) is 4.90 Å². The summed E-state index contributed by atoms with van der Waals surface area (Å²) in [7, 11) is 0. The lowest BCUT2D eigenvalue weighted by Gasteiger charge is -2.33. The second-order valence-electron chi connectivity index (χ2n) is 6.09. The fourth-order valence-corrected chi connectivity index (χ4v) is 2.72. The highest BCUT2D eigenvalue weighted by Gasteiger charge is 2.42. The molecule has 24 heavy (non-hydrogen) atoms. The van der Waals surface area contributed by atoms with Gasteiger partial charge >= 0.3 is 6.03 Å². The molecule has 7 nitrogen and oxygen atoms in total. The molecule has 0 fully saturated rings. The summed E-state index contributed by atoms with van der Waals surface area (Å²) in [6, 6.07) is 4.95. The van der Waals surface area contributed by atoms with Gasteiger partial charge in [-0.25, -0.2) is 4.79 Å². The van der Waals surface area contributed by atoms with Crippen molar-refractivity contribution in [2.24, 2.45) is 5.73 Å². The normalized spacial score (nSPS) is 16.1. The van der Waals surface area contributed by atoms with Crippen LogP contribution in [0, 0.1) is 12.3 Å². The zero-order valence-corrected chi connectivity index (χ0v) is 14.5. The average molecular weight is 350 g/mol. The summed E-state index contributed by atoms with van der Waals surface area (Å²) in [5.41, 5.74) is 7.55. The third kappa shape index (κ3) is 3.21. The van der Waals surface area contributed by atoms with Crippen molar-refractivity contribution >= 4 is 35.6 Å². The molecule has 0 aliphatic carbocycles. The third-order valence-electron chi connectivity index (χ3n) is 4.09. The molecule has 0 saturated heterocycles. The Kier molecular flexibility index (Phi) is 4.84. The highest BCUT2D eigenvalue weighted by Crippen LogP contribution is 2.32. The van der Waals surface area contributed by atoms with Crippen molar-refractivity contribution in [3.05, 3.63) is 40.1 Å². The molecule has 8 heteroatoms. The molecular formula is C16H20ClN5O2. The Hall–Kier alpha value is -2.54. The lowest BCUT2D eigenvalue weighted by Crippen LogP contribution is -2.48. The number of amides is 3. The molecule has 0 bridgehead atoms. The number of amidine groups is 1. The van der Waals surface area contributed by atoms with Gasteiger partial charge in [-0.05, 0) is 38.5 Å². The van der Waals surface area contributed by atoms with Crippen LogP contribution in [0.15, 0.2) is 29.5 Å². The van der Waals surface area contributed by atoms with Gasteiger partial charge in [0.2, 0.25) is 6.41 Å². The Labute approximate surface area is 145 Å². The number of halogens is 1. The van der Waals surface area contributed by atoms with Crippen molar-refractivity contribution in [2.75, 3.05) is 11.9 Å². The Morgan fingerprint density at radius 1 is 1.46 bits per heavy atom. The van der Waals surface area contributed by atoms with E-state index in [2.05, 4.69) is 10.6 Å². The van der Waals surface area contributed by atoms with Gasteiger partial charge in [0.05, 0.1) is 22.8 Å². The lowest BCUT2D eigenvalue weighted by atomic mass is 10.0. The van der Waals surface area contributed by atoms with Crippen molar-refractivity contribution in [3.63, 3.8) is 0 Å². The average Bonchev–Trinajstić information content (AvgIpc) is 2.74. The predicted molar refractivity (Wildman–Crippen MR) is 94.1 cm³/mol. The minimum atomic E-state index is -0.799. The van der Waals surface area contributed by atoms with Crippen LogP contribution in [0.1, 0.15) is 19.4 Å². The predicted octanol–water partition coefficient (Wildman–Crippen LogP) is 2.21. The summed E-state index contributed by atoms with van der Waals surface area (Å²) >= 11 is 6.12. The number of nitrogens with zero attached hydrogens (tertiary/aromatic N) is 1. The van der Waals surface area contributed by atoms with Crippen LogP contribution in [0.3, 0.4) is 0 Å². The molecule has 0 aromatic heterocycles. The van der Waals surface area contributed by atoms with Crippen molar-refractivity contribution in [2.45, 2.75) is 26.3 Å². The first-order chi connectivity index (χ1) is 11.2. The number of nitrogens with one attached hydrogen (secondary N) is 3. The van der Waals surface area contributed by atoms with E-state index in [-0.39, 0.29) is 18.4 Å². The highest BCUT2D eigenvalue weighted by atomic mass is 35.5. The monoisotopic (exact) mass is 349 g/mol. The molecule has 1 aromatic carbocycles. The molecular weight excluding hydrogens is 330 g/mol. The minimum absolute atomic E-state index is 0.112. The standard InChI is InChI=1S/C16H20ClN5O2/c1-9-4-5-11(17)12(6-9)21-15(24)22-7-10(14(19)20-8-23)13(18)16(22,2)3/h4-6,8H,7,18H2,1-3H3,(H,21,24)(H2,19,20,23). The van der Waals surface area contributed by atoms with Gasteiger partial charge in [0.1, 0.15) is 5.84 Å². The maximum absolute atomic E-state index is 12.7. The van der Waals surface area contributed by atoms with Gasteiger partial charge in [0, 0.05) is 11.3 Å². The van der Waals surface area contributed by atoms with E-state index in [0.717, 1.165) is 5.56 Å². The number of aryl methyl sites for hydroxylation is 1. The summed E-state index contributed by atoms with van der Waals surface area (Å²) in [4.78, 5) is 24.7. The van der Waals surface area contributed by atoms with Crippen LogP contribution in [0.25, 0.3) is 0 Å². The number of hydrogen-bond acceptors (Lipinski definition) is 4. The Balaban J connectivity index is 2.24. The molecule has 0 spiro atoms. The van der Waals surface area contributed by atoms with Crippen LogP contribution < -0.4 is 16.4 Å². The van der Waals surface area contributed by atoms with Crippen LogP contribution in [-0.4, -0.2) is 35.3 Å². The van der Waals surface area contributed by atoms with Crippen LogP contribution in [0.2, 0.25) is 5.02 Å². The smallest absolute Gasteiger partial charge is 0.322 e. The van der Waals surface area contributed by atoms with E-state index in [9.17, 15) is 9.59 Å². The van der Waals surface area contributed by atoms with E-state index < -0.39 is 5.54 Å². The first-order valence-electron chi connectivity index (χ1n) is 7.31. The van der Waals surface area contributed by atoms with Gasteiger partial charge in [-0.3, -0.25) is 10.2 Å². The zero-order valence-electron chi connectivity index (χ0n) is 13.7. The van der Waals surface area contributed by atoms with E-state index in [1.54, 1.807) is 26.0 Å². The van der Waals surface area contributed by atoms with Crippen LogP contribution in [0.5, 0.6) is 0 Å². The number of urea groups is 1. The summed E-state index contributed by atoms with van der Waals surface area (Å²) in [6.07, 6.45) is 0.408. The molecule has 2 rings (SSSR count). The molecule has 3 amide bonds. The quantitative estimate of drug-likeness (QED) is 0.381. The molecule has 0 saturated carbocycles. The fourth-order valence-electron chi connectivity index (χ4n) is 2.56. The number of carbonyl (C=O) groups is 2. The molecule has 0 unspecified atom stereocenters. The number of hydrogen-bond donors (Lipinski definition) is 4. The molecule has 1 heterocycles. The Morgan fingerprint density at radius 3 is 2.75 bits per heavy atom. The summed E-state index contributed by atoms with van der Waals surface area (Å²) in [5.74, 6) is -0.112. The second kappa shape index (κ2) is 6.52. The van der Waals surface area contributed by atoms with E-state index in [1.807, 2.05) is 13.0 Å². The van der Waals surface area contributed by atoms with Gasteiger partial charge in [0.25, 0.3) is 0 Å². The largest absolute Gasteiger partial charge is 0.400 e. The summed E-state index contributed by atoms with van der Waals surface area (Å²) in [6.45, 7) is 5.57. The maximum Gasteiger partial charge on any atom is 0.322 e. The Morgan fingerprint density at radius 2 is 2.12 bits per heavy atom. The van der Waals surface area contributed by atoms with Crippen molar-refractivity contribution in [3.8, 4) is 0 Å². The maximum atomic E-state index is 12.7. The number of benzene rings is 1. The van der Waals surface area contributed by atoms with Crippen LogP contribution >= 0.6 is 11.6 Å². The molecule has 1 aromatic rings. The fraction of sp³-hybridized carbons (Fsp3) is 0.312. The van der Waals surface area contributed by atoms with Gasteiger partial charge in [-0.1, -0.05) is 17.7 Å². The first-order valence-corrected chi connectivity index (χ1v) is 7.69. The number of carbonyl (C=O) groups excluding carboxylic acids is 2. The van der Waals surface area contributed by atoms with Gasteiger partial charge in [-0.15, -0.1) is 0 Å². The van der Waals surface area contributed by atoms with E-state index in [0.29, 0.717) is 28.4 Å². The molecule has 1 aliphatic heterocycles. The zero-order chi connectivity index (χ0) is 18.1. The summed E-state index contributed by atoms with van der Waals surface area (Å²) < 4.78 is 0. The van der Waals surface area contributed by atoms with E-state index in [4.69, 9.17) is 22.7 Å². The molecule has 0 radical (unpaired) electrons. The van der Waals surface area contributed by atoms with Crippen LogP contribution in [-0.2, 0) is 4.79 Å². The topological polar surface area (TPSA) is 111 Å². The van der Waals surface area contributed by atoms with Gasteiger partial charge < -0.3 is 21.3 Å². The van der Waals surface area contributed by atoms with Crippen LogP contribution in [0.4, 0.5) is 10.5 Å². The number of anilines is 1. The molecule has 5 N–H and O–H groups in total. The Bertz CT molecular complexity index is 742. The van der Waals surface area contributed by atoms with Crippen molar-refractivity contribution < 1.29 is 9.59 Å². The third-order valence-corrected chi connectivity index (χ3v) is 4.42. The van der Waals surface area contributed by atoms with E-state index >= 15 is 0 Å². The molecule has 128 valence electrons. The highest BCUT2D eigenvalue weighted by molar-refractivity contribution is 6.33. The first kappa shape index (κ1) is 17.8. The minimum Gasteiger partial charge on any atom is -0.400 e. The number of rotatable bonds is 3. The lowest BCUT2D eigenvalue weighted by molar-refractivity contribution is -0.108. The molecule has 1 aliphatic rings. The second-order valence-corrected chi connectivity index (χ2v) is 6.50. The van der Waals surface area contributed by atoms with Crippen molar-refractivity contribution in [1.29, 1.82) is 5.41 Å². The number of nitrogens with two attached hydrogens (primary N) is 1.